The van der Waals surface area contributed by atoms with Crippen LogP contribution in [0.25, 0.3) is 43.4 Å². The molecule has 1 atom stereocenters. The molecular formula is C34H26. The summed E-state index contributed by atoms with van der Waals surface area (Å²) >= 11 is 0. The summed E-state index contributed by atoms with van der Waals surface area (Å²) < 4.78 is 0. The van der Waals surface area contributed by atoms with Gasteiger partial charge in [0.1, 0.15) is 0 Å². The summed E-state index contributed by atoms with van der Waals surface area (Å²) in [5.74, 6) is 0.426. The Morgan fingerprint density at radius 2 is 1.24 bits per heavy atom. The molecule has 162 valence electrons. The summed E-state index contributed by atoms with van der Waals surface area (Å²) in [5.41, 5.74) is 7.24. The summed E-state index contributed by atoms with van der Waals surface area (Å²) in [6.07, 6.45) is 3.63. The molecule has 0 fully saturated rings. The van der Waals surface area contributed by atoms with Gasteiger partial charge in [0.25, 0.3) is 0 Å². The van der Waals surface area contributed by atoms with E-state index >= 15 is 0 Å². The van der Waals surface area contributed by atoms with Crippen molar-refractivity contribution in [1.82, 2.24) is 0 Å². The van der Waals surface area contributed by atoms with Crippen LogP contribution in [0.1, 0.15) is 35.4 Å². The van der Waals surface area contributed by atoms with Crippen LogP contribution >= 0.6 is 0 Å². The van der Waals surface area contributed by atoms with Crippen LogP contribution in [0.15, 0.2) is 115 Å². The van der Waals surface area contributed by atoms with Gasteiger partial charge in [0.05, 0.1) is 0 Å². The second-order valence-corrected chi connectivity index (χ2v) is 9.62. The standard InChI is InChI=1S/C34H26/c1-2-12-26-22-33-27(21-25(26)11-1)19-20-32(30-17-7-13-23-9-3-5-15-28(23)30)34(33)31-18-8-14-24-10-4-6-16-29(24)31/h1-6,8-12,14-16,18-22,30H,7,13,17H2. The summed E-state index contributed by atoms with van der Waals surface area (Å²) in [6, 6.07) is 43.0. The Hall–Kier alpha value is -3.90. The van der Waals surface area contributed by atoms with Gasteiger partial charge in [-0.3, -0.25) is 0 Å². The van der Waals surface area contributed by atoms with Crippen molar-refractivity contribution in [3.05, 3.63) is 132 Å². The van der Waals surface area contributed by atoms with Crippen molar-refractivity contribution in [2.45, 2.75) is 25.2 Å². The molecule has 0 nitrogen and oxygen atoms in total. The number of rotatable bonds is 2. The number of aryl methyl sites for hydroxylation is 1. The average Bonchev–Trinajstić information content (AvgIpc) is 2.91. The van der Waals surface area contributed by atoms with Gasteiger partial charge in [-0.15, -0.1) is 0 Å². The smallest absolute Gasteiger partial charge is 0.00985 e. The van der Waals surface area contributed by atoms with Crippen LogP contribution in [-0.4, -0.2) is 0 Å². The summed E-state index contributed by atoms with van der Waals surface area (Å²) in [4.78, 5) is 0. The van der Waals surface area contributed by atoms with Crippen LogP contribution < -0.4 is 0 Å². The van der Waals surface area contributed by atoms with Crippen molar-refractivity contribution in [2.24, 2.45) is 0 Å². The first-order chi connectivity index (χ1) is 16.9. The predicted molar refractivity (Wildman–Crippen MR) is 146 cm³/mol. The Balaban J connectivity index is 1.60. The van der Waals surface area contributed by atoms with Gasteiger partial charge >= 0.3 is 0 Å². The highest BCUT2D eigenvalue weighted by Gasteiger charge is 2.25. The van der Waals surface area contributed by atoms with E-state index < -0.39 is 0 Å². The van der Waals surface area contributed by atoms with Gasteiger partial charge in [-0.05, 0) is 91.5 Å². The molecule has 1 aliphatic rings. The molecule has 7 rings (SSSR count). The number of hydrogen-bond donors (Lipinski definition) is 0. The largest absolute Gasteiger partial charge is 0.0620 e. The molecule has 0 heterocycles. The topological polar surface area (TPSA) is 0 Å². The van der Waals surface area contributed by atoms with Gasteiger partial charge in [0.2, 0.25) is 0 Å². The Morgan fingerprint density at radius 3 is 2.15 bits per heavy atom. The average molecular weight is 435 g/mol. The monoisotopic (exact) mass is 434 g/mol. The van der Waals surface area contributed by atoms with Crippen molar-refractivity contribution in [3.8, 4) is 11.1 Å². The molecule has 1 aliphatic carbocycles. The number of fused-ring (bicyclic) bond motifs is 4. The first-order valence-electron chi connectivity index (χ1n) is 12.4. The van der Waals surface area contributed by atoms with Crippen LogP contribution in [0.5, 0.6) is 0 Å². The zero-order valence-electron chi connectivity index (χ0n) is 19.2. The number of hydrogen-bond acceptors (Lipinski definition) is 0. The maximum absolute atomic E-state index is 2.42. The molecule has 0 amide bonds. The molecule has 0 saturated carbocycles. The van der Waals surface area contributed by atoms with Crippen LogP contribution in [0.4, 0.5) is 0 Å². The maximum atomic E-state index is 2.42. The lowest BCUT2D eigenvalue weighted by Gasteiger charge is -2.29. The van der Waals surface area contributed by atoms with Crippen LogP contribution in [0, 0.1) is 0 Å². The van der Waals surface area contributed by atoms with Gasteiger partial charge in [0.15, 0.2) is 0 Å². The Bertz CT molecular complexity index is 1680. The Labute approximate surface area is 200 Å². The van der Waals surface area contributed by atoms with Crippen molar-refractivity contribution in [3.63, 3.8) is 0 Å². The third-order valence-electron chi connectivity index (χ3n) is 7.72. The van der Waals surface area contributed by atoms with E-state index in [0.29, 0.717) is 5.92 Å². The van der Waals surface area contributed by atoms with E-state index in [9.17, 15) is 0 Å². The first-order valence-corrected chi connectivity index (χ1v) is 12.4. The molecule has 0 aromatic heterocycles. The molecule has 6 aromatic carbocycles. The van der Waals surface area contributed by atoms with Gasteiger partial charge < -0.3 is 0 Å². The third-order valence-corrected chi connectivity index (χ3v) is 7.72. The van der Waals surface area contributed by atoms with Crippen LogP contribution in [-0.2, 0) is 6.42 Å². The molecule has 34 heavy (non-hydrogen) atoms. The van der Waals surface area contributed by atoms with E-state index in [0.717, 1.165) is 0 Å². The van der Waals surface area contributed by atoms with E-state index in [2.05, 4.69) is 115 Å². The summed E-state index contributed by atoms with van der Waals surface area (Å²) in [6.45, 7) is 0. The molecule has 0 spiro atoms. The molecule has 6 aromatic rings. The van der Waals surface area contributed by atoms with Crippen LogP contribution in [0.3, 0.4) is 0 Å². The van der Waals surface area contributed by atoms with E-state index in [1.54, 1.807) is 0 Å². The van der Waals surface area contributed by atoms with Crippen molar-refractivity contribution >= 4 is 32.3 Å². The zero-order valence-corrected chi connectivity index (χ0v) is 19.2. The minimum absolute atomic E-state index is 0.426. The molecular weight excluding hydrogens is 408 g/mol. The highest BCUT2D eigenvalue weighted by atomic mass is 14.3. The molecule has 0 bridgehead atoms. The second kappa shape index (κ2) is 7.85. The van der Waals surface area contributed by atoms with Crippen LogP contribution in [0.2, 0.25) is 0 Å². The Kier molecular flexibility index (Phi) is 4.52. The minimum Gasteiger partial charge on any atom is -0.0620 e. The maximum Gasteiger partial charge on any atom is 0.00985 e. The predicted octanol–water partition coefficient (Wildman–Crippen LogP) is 9.28. The molecule has 0 saturated heterocycles. The molecule has 0 radical (unpaired) electrons. The number of benzene rings is 6. The molecule has 0 heteroatoms. The van der Waals surface area contributed by atoms with Gasteiger partial charge in [0, 0.05) is 5.92 Å². The van der Waals surface area contributed by atoms with E-state index in [-0.39, 0.29) is 0 Å². The second-order valence-electron chi connectivity index (χ2n) is 9.62. The lowest BCUT2D eigenvalue weighted by Crippen LogP contribution is -2.12. The van der Waals surface area contributed by atoms with E-state index in [4.69, 9.17) is 0 Å². The fraction of sp³-hybridized carbons (Fsp3) is 0.118. The quantitative estimate of drug-likeness (QED) is 0.238. The molecule has 1 unspecified atom stereocenters. The molecule has 0 N–H and O–H groups in total. The third kappa shape index (κ3) is 3.06. The lowest BCUT2D eigenvalue weighted by atomic mass is 9.75. The van der Waals surface area contributed by atoms with Gasteiger partial charge in [-0.2, -0.15) is 0 Å². The van der Waals surface area contributed by atoms with Crippen molar-refractivity contribution in [1.29, 1.82) is 0 Å². The molecule has 0 aliphatic heterocycles. The van der Waals surface area contributed by atoms with E-state index in [1.807, 2.05) is 0 Å². The Morgan fingerprint density at radius 1 is 0.500 bits per heavy atom. The first kappa shape index (κ1) is 19.6. The zero-order chi connectivity index (χ0) is 22.5. The van der Waals surface area contributed by atoms with Crippen molar-refractivity contribution in [2.75, 3.05) is 0 Å². The summed E-state index contributed by atoms with van der Waals surface area (Å²) in [5, 5.41) is 7.90. The van der Waals surface area contributed by atoms with Gasteiger partial charge in [-0.1, -0.05) is 103 Å². The lowest BCUT2D eigenvalue weighted by molar-refractivity contribution is 0.617. The SMILES string of the molecule is c1ccc2c(c1)CCCC2c1ccc2cc3ccccc3cc2c1-c1cccc2ccccc12. The normalized spacial score (nSPS) is 15.6. The van der Waals surface area contributed by atoms with E-state index in [1.165, 1.54) is 79.4 Å². The highest BCUT2D eigenvalue weighted by molar-refractivity contribution is 6.10. The minimum atomic E-state index is 0.426. The van der Waals surface area contributed by atoms with Gasteiger partial charge in [-0.25, -0.2) is 0 Å². The highest BCUT2D eigenvalue weighted by Crippen LogP contribution is 2.45. The van der Waals surface area contributed by atoms with Crippen molar-refractivity contribution < 1.29 is 0 Å². The fourth-order valence-corrected chi connectivity index (χ4v) is 6.14. The fourth-order valence-electron chi connectivity index (χ4n) is 6.14. The summed E-state index contributed by atoms with van der Waals surface area (Å²) in [7, 11) is 0.